The molecule has 4 N–H and O–H groups in total. The van der Waals surface area contributed by atoms with Crippen LogP contribution in [0.2, 0.25) is 0 Å². The number of nitrogens with one attached hydrogen (secondary N) is 2. The molecule has 0 radical (unpaired) electrons. The molecular weight excluding hydrogens is 423 g/mol. The fraction of sp³-hybridized carbons (Fsp3) is 0.263. The predicted octanol–water partition coefficient (Wildman–Crippen LogP) is 2.62. The van der Waals surface area contributed by atoms with Gasteiger partial charge in [0.1, 0.15) is 5.70 Å². The number of rotatable bonds is 6. The van der Waals surface area contributed by atoms with Gasteiger partial charge in [0.2, 0.25) is 5.78 Å². The van der Waals surface area contributed by atoms with Gasteiger partial charge in [-0.1, -0.05) is 12.1 Å². The molecule has 3 rings (SSSR count). The van der Waals surface area contributed by atoms with E-state index >= 15 is 0 Å². The maximum Gasteiger partial charge on any atom is 0.413 e. The molecule has 0 spiro atoms. The first-order valence-electron chi connectivity index (χ1n) is 8.66. The van der Waals surface area contributed by atoms with Crippen molar-refractivity contribution in [2.24, 2.45) is 0 Å². The fourth-order valence-corrected chi connectivity index (χ4v) is 3.66. The SMILES string of the molecule is CN(C)C(=O)c1cccc(NC2=C(NC(c3cccs3)C(F)(F)F)C(=O)C2O)c1O. The minimum absolute atomic E-state index is 0.0387. The lowest BCUT2D eigenvalue weighted by Crippen LogP contribution is -2.48. The molecule has 0 fully saturated rings. The Morgan fingerprint density at radius 3 is 2.50 bits per heavy atom. The van der Waals surface area contributed by atoms with Gasteiger partial charge in [-0.25, -0.2) is 0 Å². The van der Waals surface area contributed by atoms with E-state index in [4.69, 9.17) is 0 Å². The number of aliphatic hydroxyl groups excluding tert-OH is 1. The molecule has 2 atom stereocenters. The number of para-hydroxylation sites is 1. The molecule has 11 heteroatoms. The number of nitrogens with zero attached hydrogens (tertiary/aromatic N) is 1. The van der Waals surface area contributed by atoms with Crippen molar-refractivity contribution >= 4 is 28.7 Å². The van der Waals surface area contributed by atoms with E-state index in [0.29, 0.717) is 0 Å². The number of benzene rings is 1. The minimum Gasteiger partial charge on any atom is -0.505 e. The molecule has 0 bridgehead atoms. The van der Waals surface area contributed by atoms with Gasteiger partial charge in [-0.3, -0.25) is 9.59 Å². The average Bonchev–Trinajstić information content (AvgIpc) is 3.20. The summed E-state index contributed by atoms with van der Waals surface area (Å²) in [7, 11) is 2.98. The quantitative estimate of drug-likeness (QED) is 0.514. The van der Waals surface area contributed by atoms with Gasteiger partial charge in [0, 0.05) is 19.0 Å². The molecule has 1 amide bonds. The van der Waals surface area contributed by atoms with Crippen molar-refractivity contribution in [1.82, 2.24) is 10.2 Å². The minimum atomic E-state index is -4.69. The number of aliphatic hydroxyl groups is 1. The molecule has 160 valence electrons. The summed E-state index contributed by atoms with van der Waals surface area (Å²) in [6, 6.07) is 4.78. The lowest BCUT2D eigenvalue weighted by molar-refractivity contribution is -0.156. The molecule has 0 aliphatic heterocycles. The van der Waals surface area contributed by atoms with E-state index in [1.807, 2.05) is 0 Å². The zero-order chi connectivity index (χ0) is 22.2. The van der Waals surface area contributed by atoms with Gasteiger partial charge in [-0.2, -0.15) is 13.2 Å². The second-order valence-electron chi connectivity index (χ2n) is 6.72. The molecule has 1 aliphatic rings. The highest BCUT2D eigenvalue weighted by Gasteiger charge is 2.47. The number of aromatic hydroxyl groups is 1. The first-order valence-corrected chi connectivity index (χ1v) is 9.54. The maximum atomic E-state index is 13.5. The number of carbonyl (C=O) groups is 2. The molecule has 0 saturated carbocycles. The number of ketones is 1. The molecular formula is C19H18F3N3O4S. The first kappa shape index (κ1) is 21.7. The largest absolute Gasteiger partial charge is 0.505 e. The Hall–Kier alpha value is -3.05. The molecule has 30 heavy (non-hydrogen) atoms. The summed E-state index contributed by atoms with van der Waals surface area (Å²) < 4.78 is 40.5. The Labute approximate surface area is 173 Å². The summed E-state index contributed by atoms with van der Waals surface area (Å²) in [6.45, 7) is 0. The van der Waals surface area contributed by atoms with Crippen LogP contribution in [0.3, 0.4) is 0 Å². The van der Waals surface area contributed by atoms with Crippen LogP contribution in [0.15, 0.2) is 47.1 Å². The van der Waals surface area contributed by atoms with Crippen LogP contribution >= 0.6 is 11.3 Å². The maximum absolute atomic E-state index is 13.5. The number of phenolic OH excluding ortho intramolecular Hbond substituents is 1. The monoisotopic (exact) mass is 441 g/mol. The van der Waals surface area contributed by atoms with E-state index in [9.17, 15) is 33.0 Å². The van der Waals surface area contributed by atoms with Crippen LogP contribution in [0, 0.1) is 0 Å². The number of halogens is 3. The lowest BCUT2D eigenvalue weighted by atomic mass is 9.93. The number of hydrogen-bond acceptors (Lipinski definition) is 7. The van der Waals surface area contributed by atoms with Gasteiger partial charge in [-0.05, 0) is 23.6 Å². The van der Waals surface area contributed by atoms with Crippen LogP contribution in [0.1, 0.15) is 21.3 Å². The van der Waals surface area contributed by atoms with Crippen LogP contribution < -0.4 is 10.6 Å². The normalized spacial score (nSPS) is 17.4. The highest BCUT2D eigenvalue weighted by atomic mass is 32.1. The third kappa shape index (κ3) is 3.98. The lowest BCUT2D eigenvalue weighted by Gasteiger charge is -2.33. The van der Waals surface area contributed by atoms with Crippen molar-refractivity contribution in [3.63, 3.8) is 0 Å². The topological polar surface area (TPSA) is 102 Å². The van der Waals surface area contributed by atoms with Gasteiger partial charge >= 0.3 is 6.18 Å². The van der Waals surface area contributed by atoms with E-state index < -0.39 is 41.5 Å². The molecule has 1 aliphatic carbocycles. The second kappa shape index (κ2) is 8.00. The fourth-order valence-electron chi connectivity index (χ4n) is 2.86. The van der Waals surface area contributed by atoms with Crippen molar-refractivity contribution < 1.29 is 33.0 Å². The zero-order valence-corrected chi connectivity index (χ0v) is 16.6. The molecule has 2 aromatic rings. The number of carbonyl (C=O) groups excluding carboxylic acids is 2. The van der Waals surface area contributed by atoms with Gasteiger partial charge in [0.05, 0.1) is 16.9 Å². The summed E-state index contributed by atoms with van der Waals surface area (Å²) >= 11 is 0.871. The number of phenols is 1. The Morgan fingerprint density at radius 1 is 1.23 bits per heavy atom. The third-order valence-electron chi connectivity index (χ3n) is 4.42. The molecule has 1 heterocycles. The van der Waals surface area contributed by atoms with Crippen molar-refractivity contribution in [2.75, 3.05) is 19.4 Å². The molecule has 0 saturated heterocycles. The number of anilines is 1. The Morgan fingerprint density at radius 2 is 1.93 bits per heavy atom. The van der Waals surface area contributed by atoms with Crippen molar-refractivity contribution in [3.8, 4) is 5.75 Å². The van der Waals surface area contributed by atoms with Crippen molar-refractivity contribution in [2.45, 2.75) is 18.3 Å². The van der Waals surface area contributed by atoms with Crippen LogP contribution in [0.4, 0.5) is 18.9 Å². The smallest absolute Gasteiger partial charge is 0.413 e. The zero-order valence-electron chi connectivity index (χ0n) is 15.8. The average molecular weight is 441 g/mol. The number of amides is 1. The Balaban J connectivity index is 1.94. The van der Waals surface area contributed by atoms with E-state index in [1.165, 1.54) is 54.7 Å². The number of hydrogen-bond donors (Lipinski definition) is 4. The summed E-state index contributed by atoms with van der Waals surface area (Å²) in [5, 5.41) is 26.6. The van der Waals surface area contributed by atoms with Crippen LogP contribution in [-0.4, -0.2) is 53.2 Å². The number of Topliss-reactive ketones (excluding diaryl/α,β-unsaturated/α-hetero) is 1. The summed E-state index contributed by atoms with van der Waals surface area (Å²) in [4.78, 5) is 25.4. The molecule has 1 aromatic heterocycles. The van der Waals surface area contributed by atoms with E-state index in [0.717, 1.165) is 11.3 Å². The van der Waals surface area contributed by atoms with Crippen LogP contribution in [-0.2, 0) is 4.79 Å². The second-order valence-corrected chi connectivity index (χ2v) is 7.70. The summed E-state index contributed by atoms with van der Waals surface area (Å²) in [5.74, 6) is -1.87. The number of alkyl halides is 3. The van der Waals surface area contributed by atoms with E-state index in [2.05, 4.69) is 10.6 Å². The van der Waals surface area contributed by atoms with Crippen LogP contribution in [0.25, 0.3) is 0 Å². The standard InChI is InChI=1S/C19H18F3N3O4S/c1-25(2)18(29)9-5-3-6-10(14(9)26)23-12-13(16(28)15(12)27)24-17(19(20,21)22)11-7-4-8-30-11/h3-8,15,17,23-24,26-27H,1-2H3. The summed E-state index contributed by atoms with van der Waals surface area (Å²) in [5.41, 5.74) is -0.757. The van der Waals surface area contributed by atoms with Crippen molar-refractivity contribution in [1.29, 1.82) is 0 Å². The van der Waals surface area contributed by atoms with Gasteiger partial charge in [0.25, 0.3) is 5.91 Å². The van der Waals surface area contributed by atoms with Crippen LogP contribution in [0.5, 0.6) is 5.75 Å². The molecule has 2 unspecified atom stereocenters. The molecule has 7 nitrogen and oxygen atoms in total. The highest BCUT2D eigenvalue weighted by molar-refractivity contribution is 7.10. The summed E-state index contributed by atoms with van der Waals surface area (Å²) in [6.07, 6.45) is -6.37. The van der Waals surface area contributed by atoms with Gasteiger partial charge < -0.3 is 25.7 Å². The highest BCUT2D eigenvalue weighted by Crippen LogP contribution is 2.38. The third-order valence-corrected chi connectivity index (χ3v) is 5.36. The van der Waals surface area contributed by atoms with E-state index in [-0.39, 0.29) is 21.8 Å². The number of thiophene rings is 1. The Bertz CT molecular complexity index is 1000. The van der Waals surface area contributed by atoms with E-state index in [1.54, 1.807) is 0 Å². The predicted molar refractivity (Wildman–Crippen MR) is 104 cm³/mol. The first-order chi connectivity index (χ1) is 14.0. The molecule has 1 aromatic carbocycles. The van der Waals surface area contributed by atoms with Gasteiger partial charge in [-0.15, -0.1) is 11.3 Å². The van der Waals surface area contributed by atoms with Gasteiger partial charge in [0.15, 0.2) is 17.9 Å². The Kier molecular flexibility index (Phi) is 5.77. The van der Waals surface area contributed by atoms with Crippen molar-refractivity contribution in [3.05, 3.63) is 57.5 Å².